The van der Waals surface area contributed by atoms with Crippen LogP contribution in [0.5, 0.6) is 5.75 Å². The molecule has 0 spiro atoms. The van der Waals surface area contributed by atoms with E-state index in [-0.39, 0.29) is 6.61 Å². The summed E-state index contributed by atoms with van der Waals surface area (Å²) in [5.74, 6) is 1.99. The minimum atomic E-state index is 0.104. The van der Waals surface area contributed by atoms with E-state index < -0.39 is 0 Å². The Bertz CT molecular complexity index is 359. The highest BCUT2D eigenvalue weighted by Crippen LogP contribution is 2.11. The Balaban J connectivity index is 2.17. The second kappa shape index (κ2) is 9.81. The zero-order chi connectivity index (χ0) is 13.1. The molecule has 98 valence electrons. The van der Waals surface area contributed by atoms with Crippen LogP contribution in [0.4, 0.5) is 0 Å². The van der Waals surface area contributed by atoms with Gasteiger partial charge < -0.3 is 10.1 Å². The van der Waals surface area contributed by atoms with E-state index in [9.17, 15) is 0 Å². The maximum absolute atomic E-state index is 8.40. The Labute approximate surface area is 114 Å². The number of rotatable bonds is 9. The van der Waals surface area contributed by atoms with E-state index in [4.69, 9.17) is 10.00 Å². The van der Waals surface area contributed by atoms with E-state index in [1.54, 1.807) is 0 Å². The van der Waals surface area contributed by atoms with Crippen LogP contribution in [0.3, 0.4) is 0 Å². The molecule has 0 fully saturated rings. The summed E-state index contributed by atoms with van der Waals surface area (Å²) in [6.07, 6.45) is 4.64. The smallest absolute Gasteiger partial charge is 0.174 e. The molecule has 0 atom stereocenters. The van der Waals surface area contributed by atoms with Crippen molar-refractivity contribution in [3.8, 4) is 11.8 Å². The minimum absolute atomic E-state index is 0.104. The highest BCUT2D eigenvalue weighted by atomic mass is 32.2. The Morgan fingerprint density at radius 1 is 1.28 bits per heavy atom. The van der Waals surface area contributed by atoms with Crippen molar-refractivity contribution in [2.45, 2.75) is 19.4 Å². The largest absolute Gasteiger partial charge is 0.479 e. The van der Waals surface area contributed by atoms with Gasteiger partial charge in [-0.1, -0.05) is 12.1 Å². The first kappa shape index (κ1) is 14.9. The van der Waals surface area contributed by atoms with Gasteiger partial charge in [0.05, 0.1) is 0 Å². The molecule has 0 heterocycles. The van der Waals surface area contributed by atoms with Gasteiger partial charge in [0.2, 0.25) is 0 Å². The van der Waals surface area contributed by atoms with Crippen LogP contribution in [-0.2, 0) is 6.54 Å². The lowest BCUT2D eigenvalue weighted by Gasteiger charge is -2.06. The molecule has 0 bridgehead atoms. The summed E-state index contributed by atoms with van der Waals surface area (Å²) in [5, 5.41) is 11.8. The third-order valence-corrected chi connectivity index (χ3v) is 3.20. The van der Waals surface area contributed by atoms with Crippen LogP contribution in [0, 0.1) is 11.3 Å². The van der Waals surface area contributed by atoms with Crippen LogP contribution in [0.1, 0.15) is 18.4 Å². The quantitative estimate of drug-likeness (QED) is 0.697. The van der Waals surface area contributed by atoms with E-state index in [1.807, 2.05) is 42.1 Å². The summed E-state index contributed by atoms with van der Waals surface area (Å²) in [6.45, 7) is 2.05. The number of nitrogens with one attached hydrogen (secondary N) is 1. The average molecular weight is 264 g/mol. The Morgan fingerprint density at radius 2 is 2.06 bits per heavy atom. The SMILES string of the molecule is CSCCCCNCc1ccc(OCC#N)cc1. The number of nitriles is 1. The fourth-order valence-corrected chi connectivity index (χ4v) is 2.04. The Kier molecular flexibility index (Phi) is 8.11. The average Bonchev–Trinajstić information content (AvgIpc) is 2.42. The first-order valence-electron chi connectivity index (χ1n) is 6.15. The van der Waals surface area contributed by atoms with Gasteiger partial charge in [-0.2, -0.15) is 17.0 Å². The second-order valence-electron chi connectivity index (χ2n) is 3.97. The highest BCUT2D eigenvalue weighted by Gasteiger charge is 1.95. The third-order valence-electron chi connectivity index (χ3n) is 2.51. The summed E-state index contributed by atoms with van der Waals surface area (Å²) in [5.41, 5.74) is 1.24. The first-order valence-corrected chi connectivity index (χ1v) is 7.54. The molecule has 0 aliphatic heterocycles. The van der Waals surface area contributed by atoms with Crippen molar-refractivity contribution < 1.29 is 4.74 Å². The number of ether oxygens (including phenoxy) is 1. The predicted octanol–water partition coefficient (Wildman–Crippen LogP) is 2.82. The maximum atomic E-state index is 8.40. The van der Waals surface area contributed by atoms with Crippen molar-refractivity contribution >= 4 is 11.8 Å². The molecule has 1 N–H and O–H groups in total. The van der Waals surface area contributed by atoms with Crippen molar-refractivity contribution in [2.75, 3.05) is 25.2 Å². The monoisotopic (exact) mass is 264 g/mol. The summed E-state index contributed by atoms with van der Waals surface area (Å²) in [7, 11) is 0. The van der Waals surface area contributed by atoms with Crippen LogP contribution in [0.2, 0.25) is 0 Å². The molecule has 0 aromatic heterocycles. The molecule has 1 aromatic carbocycles. The standard InChI is InChI=1S/C14H20N2OS/c1-18-11-3-2-9-16-12-13-4-6-14(7-5-13)17-10-8-15/h4-7,16H,2-3,9-12H2,1H3. The normalized spacial score (nSPS) is 10.0. The summed E-state index contributed by atoms with van der Waals surface area (Å²) >= 11 is 1.90. The van der Waals surface area contributed by atoms with Crippen molar-refractivity contribution in [1.82, 2.24) is 5.32 Å². The van der Waals surface area contributed by atoms with Crippen LogP contribution < -0.4 is 10.1 Å². The zero-order valence-corrected chi connectivity index (χ0v) is 11.6. The van der Waals surface area contributed by atoms with Crippen molar-refractivity contribution in [3.05, 3.63) is 29.8 Å². The minimum Gasteiger partial charge on any atom is -0.479 e. The fraction of sp³-hybridized carbons (Fsp3) is 0.500. The van der Waals surface area contributed by atoms with E-state index in [2.05, 4.69) is 11.6 Å². The Morgan fingerprint density at radius 3 is 2.72 bits per heavy atom. The lowest BCUT2D eigenvalue weighted by atomic mass is 10.2. The second-order valence-corrected chi connectivity index (χ2v) is 4.95. The van der Waals surface area contributed by atoms with E-state index >= 15 is 0 Å². The topological polar surface area (TPSA) is 45.0 Å². The van der Waals surface area contributed by atoms with Gasteiger partial charge in [0.1, 0.15) is 11.8 Å². The zero-order valence-electron chi connectivity index (χ0n) is 10.8. The van der Waals surface area contributed by atoms with E-state index in [0.717, 1.165) is 18.8 Å². The summed E-state index contributed by atoms with van der Waals surface area (Å²) in [4.78, 5) is 0. The molecule has 18 heavy (non-hydrogen) atoms. The van der Waals surface area contributed by atoms with Gasteiger partial charge in [0.25, 0.3) is 0 Å². The molecule has 0 amide bonds. The molecule has 0 aliphatic rings. The molecule has 0 aliphatic carbocycles. The molecule has 4 heteroatoms. The molecule has 0 unspecified atom stereocenters. The lowest BCUT2D eigenvalue weighted by Crippen LogP contribution is -2.14. The highest BCUT2D eigenvalue weighted by molar-refractivity contribution is 7.98. The molecule has 0 radical (unpaired) electrons. The Hall–Kier alpha value is -1.18. The van der Waals surface area contributed by atoms with Crippen molar-refractivity contribution in [2.24, 2.45) is 0 Å². The molecule has 0 saturated carbocycles. The van der Waals surface area contributed by atoms with Crippen molar-refractivity contribution in [3.63, 3.8) is 0 Å². The number of thioether (sulfide) groups is 1. The number of benzene rings is 1. The number of hydrogen-bond acceptors (Lipinski definition) is 4. The summed E-state index contributed by atoms with van der Waals surface area (Å²) < 4.78 is 5.20. The van der Waals surface area contributed by atoms with E-state index in [0.29, 0.717) is 0 Å². The predicted molar refractivity (Wildman–Crippen MR) is 76.9 cm³/mol. The maximum Gasteiger partial charge on any atom is 0.174 e. The molecular weight excluding hydrogens is 244 g/mol. The van der Waals surface area contributed by atoms with Gasteiger partial charge in [0, 0.05) is 6.54 Å². The van der Waals surface area contributed by atoms with Crippen LogP contribution in [-0.4, -0.2) is 25.2 Å². The third kappa shape index (κ3) is 6.53. The molecule has 1 rings (SSSR count). The lowest BCUT2D eigenvalue weighted by molar-refractivity contribution is 0.368. The molecular formula is C14H20N2OS. The van der Waals surface area contributed by atoms with Crippen molar-refractivity contribution in [1.29, 1.82) is 5.26 Å². The van der Waals surface area contributed by atoms with Crippen LogP contribution >= 0.6 is 11.8 Å². The summed E-state index contributed by atoms with van der Waals surface area (Å²) in [6, 6.07) is 9.82. The van der Waals surface area contributed by atoms with Gasteiger partial charge >= 0.3 is 0 Å². The van der Waals surface area contributed by atoms with Gasteiger partial charge in [-0.05, 0) is 49.1 Å². The molecule has 3 nitrogen and oxygen atoms in total. The number of unbranched alkanes of at least 4 members (excludes halogenated alkanes) is 1. The van der Waals surface area contributed by atoms with Gasteiger partial charge in [-0.15, -0.1) is 0 Å². The van der Waals surface area contributed by atoms with Crippen LogP contribution in [0.15, 0.2) is 24.3 Å². The van der Waals surface area contributed by atoms with Gasteiger partial charge in [-0.25, -0.2) is 0 Å². The molecule has 0 saturated heterocycles. The van der Waals surface area contributed by atoms with Crippen LogP contribution in [0.25, 0.3) is 0 Å². The number of hydrogen-bond donors (Lipinski definition) is 1. The molecule has 1 aromatic rings. The van der Waals surface area contributed by atoms with Gasteiger partial charge in [-0.3, -0.25) is 0 Å². The first-order chi connectivity index (χ1) is 8.86. The van der Waals surface area contributed by atoms with E-state index in [1.165, 1.54) is 24.2 Å². The fourth-order valence-electron chi connectivity index (χ4n) is 1.55. The van der Waals surface area contributed by atoms with Gasteiger partial charge in [0.15, 0.2) is 6.61 Å². The number of nitrogens with zero attached hydrogens (tertiary/aromatic N) is 1.